The highest BCUT2D eigenvalue weighted by Gasteiger charge is 2.27. The Morgan fingerprint density at radius 1 is 1.03 bits per heavy atom. The second kappa shape index (κ2) is 8.97. The fourth-order valence-electron chi connectivity index (χ4n) is 3.39. The summed E-state index contributed by atoms with van der Waals surface area (Å²) in [5, 5.41) is 10.3. The fraction of sp³-hybridized carbons (Fsp3) is 0.286. The van der Waals surface area contributed by atoms with Crippen LogP contribution in [0.5, 0.6) is 11.5 Å². The quantitative estimate of drug-likeness (QED) is 0.573. The summed E-state index contributed by atoms with van der Waals surface area (Å²) in [7, 11) is -0.495. The zero-order valence-corrected chi connectivity index (χ0v) is 18.4. The van der Waals surface area contributed by atoms with Gasteiger partial charge in [0, 0.05) is 18.7 Å². The first-order valence-electron chi connectivity index (χ1n) is 9.90. The molecule has 168 valence electrons. The maximum Gasteiger partial charge on any atom is 0.322 e. The number of nitrogens with zero attached hydrogens (tertiary/aromatic N) is 3. The second-order valence-electron chi connectivity index (χ2n) is 7.07. The van der Waals surface area contributed by atoms with Crippen LogP contribution in [0.1, 0.15) is 23.2 Å². The van der Waals surface area contributed by atoms with Crippen LogP contribution in [0.3, 0.4) is 0 Å². The Morgan fingerprint density at radius 3 is 2.41 bits per heavy atom. The van der Waals surface area contributed by atoms with Gasteiger partial charge in [-0.3, -0.25) is 10.1 Å². The molecule has 3 aromatic rings. The van der Waals surface area contributed by atoms with E-state index in [9.17, 15) is 13.2 Å². The molecule has 2 aromatic carbocycles. The number of carbonyl (C=O) groups is 1. The maximum atomic E-state index is 12.6. The van der Waals surface area contributed by atoms with Gasteiger partial charge in [-0.05, 0) is 55.3 Å². The molecule has 0 radical (unpaired) electrons. The van der Waals surface area contributed by atoms with Crippen molar-refractivity contribution in [3.05, 3.63) is 48.0 Å². The van der Waals surface area contributed by atoms with Gasteiger partial charge >= 0.3 is 6.01 Å². The number of ether oxygens (including phenoxy) is 2. The van der Waals surface area contributed by atoms with Crippen molar-refractivity contribution in [3.63, 3.8) is 0 Å². The zero-order valence-electron chi connectivity index (χ0n) is 17.6. The van der Waals surface area contributed by atoms with E-state index in [1.54, 1.807) is 18.2 Å². The van der Waals surface area contributed by atoms with Crippen LogP contribution in [0, 0.1) is 0 Å². The van der Waals surface area contributed by atoms with E-state index in [4.69, 9.17) is 13.9 Å². The van der Waals surface area contributed by atoms with Gasteiger partial charge in [-0.1, -0.05) is 5.10 Å². The molecule has 0 bridgehead atoms. The molecule has 0 aliphatic carbocycles. The minimum atomic E-state index is -3.54. The zero-order chi connectivity index (χ0) is 22.7. The first-order valence-corrected chi connectivity index (χ1v) is 11.3. The van der Waals surface area contributed by atoms with Crippen molar-refractivity contribution in [1.82, 2.24) is 14.5 Å². The molecule has 0 atom stereocenters. The molecule has 1 N–H and O–H groups in total. The van der Waals surface area contributed by atoms with Crippen LogP contribution in [0.15, 0.2) is 51.8 Å². The lowest BCUT2D eigenvalue weighted by Crippen LogP contribution is -2.27. The van der Waals surface area contributed by atoms with Gasteiger partial charge < -0.3 is 13.9 Å². The van der Waals surface area contributed by atoms with Crippen LogP contribution in [0.25, 0.3) is 11.5 Å². The Kier molecular flexibility index (Phi) is 6.10. The second-order valence-corrected chi connectivity index (χ2v) is 9.01. The van der Waals surface area contributed by atoms with Crippen LogP contribution >= 0.6 is 0 Å². The SMILES string of the molecule is COc1ccc(OC)c(-c2nnc(NC(=O)c3ccc(S(=O)(=O)N4CCCC4)cc3)o2)c1. The molecule has 2 heterocycles. The molecule has 0 spiro atoms. The number of anilines is 1. The third-order valence-electron chi connectivity index (χ3n) is 5.10. The average Bonchev–Trinajstić information content (AvgIpc) is 3.51. The summed E-state index contributed by atoms with van der Waals surface area (Å²) in [6, 6.07) is 10.7. The monoisotopic (exact) mass is 458 g/mol. The van der Waals surface area contributed by atoms with Crippen LogP contribution in [0.2, 0.25) is 0 Å². The van der Waals surface area contributed by atoms with E-state index in [-0.39, 0.29) is 22.4 Å². The maximum absolute atomic E-state index is 12.6. The van der Waals surface area contributed by atoms with Gasteiger partial charge in [0.15, 0.2) is 0 Å². The number of amides is 1. The molecule has 32 heavy (non-hydrogen) atoms. The largest absolute Gasteiger partial charge is 0.497 e. The lowest BCUT2D eigenvalue weighted by atomic mass is 10.2. The van der Waals surface area contributed by atoms with Gasteiger partial charge in [0.2, 0.25) is 10.0 Å². The van der Waals surface area contributed by atoms with Crippen molar-refractivity contribution in [2.45, 2.75) is 17.7 Å². The molecule has 4 rings (SSSR count). The summed E-state index contributed by atoms with van der Waals surface area (Å²) >= 11 is 0. The van der Waals surface area contributed by atoms with Crippen LogP contribution in [-0.4, -0.2) is 56.1 Å². The van der Waals surface area contributed by atoms with Crippen molar-refractivity contribution in [3.8, 4) is 23.0 Å². The standard InChI is InChI=1S/C21H22N4O6S/c1-29-15-7-10-18(30-2)17(13-15)20-23-24-21(31-20)22-19(26)14-5-8-16(9-6-14)32(27,28)25-11-3-4-12-25/h5-10,13H,3-4,11-12H2,1-2H3,(H,22,24,26). The minimum absolute atomic E-state index is 0.108. The van der Waals surface area contributed by atoms with Crippen molar-refractivity contribution >= 4 is 21.9 Å². The highest BCUT2D eigenvalue weighted by molar-refractivity contribution is 7.89. The Hall–Kier alpha value is -3.44. The van der Waals surface area contributed by atoms with Gasteiger partial charge in [0.1, 0.15) is 11.5 Å². The Morgan fingerprint density at radius 2 is 1.75 bits per heavy atom. The topological polar surface area (TPSA) is 124 Å². The predicted molar refractivity (Wildman–Crippen MR) is 115 cm³/mol. The van der Waals surface area contributed by atoms with E-state index < -0.39 is 15.9 Å². The number of hydrogen-bond acceptors (Lipinski definition) is 8. The van der Waals surface area contributed by atoms with Crippen LogP contribution < -0.4 is 14.8 Å². The smallest absolute Gasteiger partial charge is 0.322 e. The van der Waals surface area contributed by atoms with Gasteiger partial charge in [0.05, 0.1) is 24.7 Å². The van der Waals surface area contributed by atoms with E-state index >= 15 is 0 Å². The van der Waals surface area contributed by atoms with Crippen LogP contribution in [0.4, 0.5) is 6.01 Å². The number of rotatable bonds is 7. The summed E-state index contributed by atoms with van der Waals surface area (Å²) in [5.74, 6) is 0.710. The molecule has 1 aromatic heterocycles. The predicted octanol–water partition coefficient (Wildman–Crippen LogP) is 2.79. The summed E-state index contributed by atoms with van der Waals surface area (Å²) in [5.41, 5.74) is 0.764. The summed E-state index contributed by atoms with van der Waals surface area (Å²) < 4.78 is 42.8. The number of aromatic nitrogens is 2. The Labute approximate surface area is 185 Å². The molecule has 0 saturated carbocycles. The highest BCUT2D eigenvalue weighted by Crippen LogP contribution is 2.33. The van der Waals surface area contributed by atoms with Gasteiger partial charge in [-0.25, -0.2) is 8.42 Å². The number of nitrogens with one attached hydrogen (secondary N) is 1. The molecule has 0 unspecified atom stereocenters. The Bertz CT molecular complexity index is 1220. The number of sulfonamides is 1. The molecular formula is C21H22N4O6S. The van der Waals surface area contributed by atoms with E-state index in [1.165, 1.54) is 42.8 Å². The van der Waals surface area contributed by atoms with E-state index in [1.807, 2.05) is 0 Å². The molecule has 1 saturated heterocycles. The van der Waals surface area contributed by atoms with Crippen molar-refractivity contribution in [2.24, 2.45) is 0 Å². The number of carbonyl (C=O) groups excluding carboxylic acids is 1. The molecule has 1 fully saturated rings. The normalized spacial score (nSPS) is 14.3. The Balaban J connectivity index is 1.49. The molecule has 1 aliphatic rings. The van der Waals surface area contributed by atoms with Crippen molar-refractivity contribution < 1.29 is 27.1 Å². The highest BCUT2D eigenvalue weighted by atomic mass is 32.2. The lowest BCUT2D eigenvalue weighted by molar-refractivity contribution is 0.102. The minimum Gasteiger partial charge on any atom is -0.497 e. The molecule has 10 nitrogen and oxygen atoms in total. The van der Waals surface area contributed by atoms with Crippen molar-refractivity contribution in [2.75, 3.05) is 32.6 Å². The molecule has 1 aliphatic heterocycles. The summed E-state index contributed by atoms with van der Waals surface area (Å²) in [6.07, 6.45) is 1.71. The summed E-state index contributed by atoms with van der Waals surface area (Å²) in [6.45, 7) is 1.03. The van der Waals surface area contributed by atoms with E-state index in [0.29, 0.717) is 30.2 Å². The lowest BCUT2D eigenvalue weighted by Gasteiger charge is -2.15. The van der Waals surface area contributed by atoms with E-state index in [0.717, 1.165) is 12.8 Å². The van der Waals surface area contributed by atoms with E-state index in [2.05, 4.69) is 15.5 Å². The first-order chi connectivity index (χ1) is 15.4. The summed E-state index contributed by atoms with van der Waals surface area (Å²) in [4.78, 5) is 12.7. The van der Waals surface area contributed by atoms with Crippen LogP contribution in [-0.2, 0) is 10.0 Å². The van der Waals surface area contributed by atoms with Gasteiger partial charge in [-0.2, -0.15) is 4.31 Å². The third-order valence-corrected chi connectivity index (χ3v) is 7.01. The number of methoxy groups -OCH3 is 2. The number of hydrogen-bond donors (Lipinski definition) is 1. The molecular weight excluding hydrogens is 436 g/mol. The average molecular weight is 458 g/mol. The molecule has 11 heteroatoms. The number of benzene rings is 2. The van der Waals surface area contributed by atoms with Gasteiger partial charge in [-0.15, -0.1) is 5.10 Å². The third kappa shape index (κ3) is 4.30. The van der Waals surface area contributed by atoms with Gasteiger partial charge in [0.25, 0.3) is 11.8 Å². The molecule has 1 amide bonds. The fourth-order valence-corrected chi connectivity index (χ4v) is 4.91. The first kappa shape index (κ1) is 21.8. The van der Waals surface area contributed by atoms with Crippen molar-refractivity contribution in [1.29, 1.82) is 0 Å².